The lowest BCUT2D eigenvalue weighted by Crippen LogP contribution is -2.18. The van der Waals surface area contributed by atoms with Gasteiger partial charge < -0.3 is 0 Å². The molecule has 2 aromatic rings. The summed E-state index contributed by atoms with van der Waals surface area (Å²) >= 11 is 0. The molecule has 12 heteroatoms. The molecule has 2 rings (SSSR count). The minimum absolute atomic E-state index is 0.118. The van der Waals surface area contributed by atoms with E-state index in [2.05, 4.69) is 0 Å². The first kappa shape index (κ1) is 19.1. The van der Waals surface area contributed by atoms with E-state index in [1.807, 2.05) is 0 Å². The Balaban J connectivity index is 2.51. The van der Waals surface area contributed by atoms with E-state index in [0.717, 1.165) is 18.2 Å². The fraction of sp³-hybridized carbons (Fsp3) is 0.0769. The normalized spacial score (nSPS) is 12.8. The molecule has 0 aliphatic heterocycles. The molecule has 2 aromatic carbocycles. The molecule has 25 heavy (non-hydrogen) atoms. The highest BCUT2D eigenvalue weighted by Crippen LogP contribution is 2.36. The fourth-order valence-corrected chi connectivity index (χ4v) is 3.57. The molecule has 0 aromatic heterocycles. The molecule has 6 nitrogen and oxygen atoms in total. The van der Waals surface area contributed by atoms with E-state index in [1.165, 1.54) is 0 Å². The first-order chi connectivity index (χ1) is 11.3. The van der Waals surface area contributed by atoms with Gasteiger partial charge in [-0.3, -0.25) is 9.27 Å². The van der Waals surface area contributed by atoms with Crippen LogP contribution in [0.3, 0.4) is 0 Å². The predicted molar refractivity (Wildman–Crippen MR) is 78.5 cm³/mol. The topological polar surface area (TPSA) is 101 Å². The molecule has 0 amide bonds. The SMILES string of the molecule is O=S(=O)(O)c1cccc(S(=O)(=O)Nc2ccc(F)cc2C(F)(F)F)c1. The van der Waals surface area contributed by atoms with Gasteiger partial charge in [0.05, 0.1) is 21.0 Å². The van der Waals surface area contributed by atoms with Crippen molar-refractivity contribution in [2.24, 2.45) is 0 Å². The van der Waals surface area contributed by atoms with Crippen molar-refractivity contribution in [3.63, 3.8) is 0 Å². The van der Waals surface area contributed by atoms with Crippen molar-refractivity contribution in [3.8, 4) is 0 Å². The maximum Gasteiger partial charge on any atom is 0.418 e. The molecule has 0 radical (unpaired) electrons. The van der Waals surface area contributed by atoms with Crippen molar-refractivity contribution in [1.82, 2.24) is 0 Å². The number of anilines is 1. The quantitative estimate of drug-likeness (QED) is 0.608. The number of rotatable bonds is 4. The minimum atomic E-state index is -5.03. The summed E-state index contributed by atoms with van der Waals surface area (Å²) in [5.41, 5.74) is -2.49. The van der Waals surface area contributed by atoms with Crippen LogP contribution in [0.4, 0.5) is 23.2 Å². The number of benzene rings is 2. The predicted octanol–water partition coefficient (Wildman–Crippen LogP) is 2.89. The van der Waals surface area contributed by atoms with Crippen LogP contribution in [0, 0.1) is 5.82 Å². The number of halogens is 4. The van der Waals surface area contributed by atoms with Crippen molar-refractivity contribution in [2.45, 2.75) is 16.0 Å². The molecule has 0 fully saturated rings. The van der Waals surface area contributed by atoms with Gasteiger partial charge in [-0.25, -0.2) is 12.8 Å². The summed E-state index contributed by atoms with van der Waals surface area (Å²) in [6.07, 6.45) is -5.03. The Morgan fingerprint density at radius 1 is 0.920 bits per heavy atom. The highest BCUT2D eigenvalue weighted by molar-refractivity contribution is 7.92. The Bertz CT molecular complexity index is 1020. The summed E-state index contributed by atoms with van der Waals surface area (Å²) < 4.78 is 109. The lowest BCUT2D eigenvalue weighted by molar-refractivity contribution is -0.137. The molecule has 136 valence electrons. The number of alkyl halides is 3. The third kappa shape index (κ3) is 4.46. The minimum Gasteiger partial charge on any atom is -0.282 e. The molecule has 0 heterocycles. The molecule has 0 atom stereocenters. The third-order valence-corrected chi connectivity index (χ3v) is 5.16. The van der Waals surface area contributed by atoms with Gasteiger partial charge in [-0.2, -0.15) is 21.6 Å². The van der Waals surface area contributed by atoms with E-state index < -0.39 is 53.2 Å². The Kier molecular flexibility index (Phi) is 4.81. The van der Waals surface area contributed by atoms with Crippen LogP contribution in [0.2, 0.25) is 0 Å². The van der Waals surface area contributed by atoms with Gasteiger partial charge in [-0.05, 0) is 36.4 Å². The largest absolute Gasteiger partial charge is 0.418 e. The zero-order chi connectivity index (χ0) is 19.0. The van der Waals surface area contributed by atoms with Gasteiger partial charge in [0.1, 0.15) is 5.82 Å². The molecule has 0 aliphatic rings. The molecule has 2 N–H and O–H groups in total. The number of hydrogen-bond donors (Lipinski definition) is 2. The van der Waals surface area contributed by atoms with Crippen LogP contribution in [-0.4, -0.2) is 21.4 Å². The second-order valence-corrected chi connectivity index (χ2v) is 7.85. The summed E-state index contributed by atoms with van der Waals surface area (Å²) in [7, 11) is -9.36. The Morgan fingerprint density at radius 3 is 2.08 bits per heavy atom. The second-order valence-electron chi connectivity index (χ2n) is 4.74. The van der Waals surface area contributed by atoms with E-state index in [-0.39, 0.29) is 6.07 Å². The maximum atomic E-state index is 13.0. The summed E-state index contributed by atoms with van der Waals surface area (Å²) in [4.78, 5) is -1.47. The van der Waals surface area contributed by atoms with Gasteiger partial charge in [0, 0.05) is 0 Å². The number of hydrogen-bond acceptors (Lipinski definition) is 4. The molecule has 0 aliphatic carbocycles. The van der Waals surface area contributed by atoms with E-state index in [0.29, 0.717) is 18.2 Å². The van der Waals surface area contributed by atoms with Crippen molar-refractivity contribution >= 4 is 25.8 Å². The monoisotopic (exact) mass is 399 g/mol. The second kappa shape index (κ2) is 6.28. The van der Waals surface area contributed by atoms with Crippen LogP contribution in [0.1, 0.15) is 5.56 Å². The van der Waals surface area contributed by atoms with Crippen LogP contribution < -0.4 is 4.72 Å². The summed E-state index contributed by atoms with van der Waals surface area (Å²) in [5, 5.41) is 0. The lowest BCUT2D eigenvalue weighted by atomic mass is 10.2. The molecule has 0 bridgehead atoms. The van der Waals surface area contributed by atoms with Gasteiger partial charge in [-0.15, -0.1) is 0 Å². The van der Waals surface area contributed by atoms with E-state index in [1.54, 1.807) is 4.72 Å². The van der Waals surface area contributed by atoms with Crippen molar-refractivity contribution in [2.75, 3.05) is 4.72 Å². The highest BCUT2D eigenvalue weighted by Gasteiger charge is 2.35. The van der Waals surface area contributed by atoms with E-state index >= 15 is 0 Å². The Labute approximate surface area is 139 Å². The van der Waals surface area contributed by atoms with Gasteiger partial charge in [0.25, 0.3) is 20.1 Å². The van der Waals surface area contributed by atoms with Crippen LogP contribution in [0.25, 0.3) is 0 Å². The average Bonchev–Trinajstić information content (AvgIpc) is 2.47. The molecular weight excluding hydrogens is 390 g/mol. The summed E-state index contributed by atoms with van der Waals surface area (Å²) in [6, 6.07) is 4.68. The molecule has 0 unspecified atom stereocenters. The molecule has 0 saturated heterocycles. The van der Waals surface area contributed by atoms with Crippen LogP contribution in [0.15, 0.2) is 52.3 Å². The van der Waals surface area contributed by atoms with Gasteiger partial charge >= 0.3 is 6.18 Å². The summed E-state index contributed by atoms with van der Waals surface area (Å²) in [6.45, 7) is 0. The molecule has 0 spiro atoms. The standard InChI is InChI=1S/C13H9F4NO5S2/c14-8-4-5-12(11(6-8)13(15,16)17)18-24(19,20)9-2-1-3-10(7-9)25(21,22)23/h1-7,18H,(H,21,22,23). The van der Waals surface area contributed by atoms with Crippen LogP contribution in [0.5, 0.6) is 0 Å². The number of sulfonamides is 1. The average molecular weight is 399 g/mol. The van der Waals surface area contributed by atoms with Crippen LogP contribution >= 0.6 is 0 Å². The van der Waals surface area contributed by atoms with Gasteiger partial charge in [0.2, 0.25) is 0 Å². The van der Waals surface area contributed by atoms with Crippen molar-refractivity contribution in [1.29, 1.82) is 0 Å². The highest BCUT2D eigenvalue weighted by atomic mass is 32.2. The van der Waals surface area contributed by atoms with E-state index in [4.69, 9.17) is 4.55 Å². The zero-order valence-corrected chi connectivity index (χ0v) is 13.6. The fourth-order valence-electron chi connectivity index (χ4n) is 1.85. The van der Waals surface area contributed by atoms with Gasteiger partial charge in [0.15, 0.2) is 0 Å². The first-order valence-corrected chi connectivity index (χ1v) is 9.20. The van der Waals surface area contributed by atoms with E-state index in [9.17, 15) is 34.4 Å². The van der Waals surface area contributed by atoms with Crippen LogP contribution in [-0.2, 0) is 26.3 Å². The number of nitrogens with one attached hydrogen (secondary N) is 1. The van der Waals surface area contributed by atoms with Crippen molar-refractivity contribution < 1.29 is 39.0 Å². The lowest BCUT2D eigenvalue weighted by Gasteiger charge is -2.15. The molecular formula is C13H9F4NO5S2. The maximum absolute atomic E-state index is 13.0. The third-order valence-electron chi connectivity index (χ3n) is 2.94. The van der Waals surface area contributed by atoms with Crippen molar-refractivity contribution in [3.05, 3.63) is 53.8 Å². The zero-order valence-electron chi connectivity index (χ0n) is 12.0. The van der Waals surface area contributed by atoms with Gasteiger partial charge in [-0.1, -0.05) is 6.07 Å². The Morgan fingerprint density at radius 2 is 1.52 bits per heavy atom. The Hall–Kier alpha value is -2.18. The first-order valence-electron chi connectivity index (χ1n) is 6.28. The smallest absolute Gasteiger partial charge is 0.282 e. The molecule has 0 saturated carbocycles. The summed E-state index contributed by atoms with van der Waals surface area (Å²) in [5.74, 6) is -1.22.